The molecule has 44 heavy (non-hydrogen) atoms. The average molecular weight is 603 g/mol. The molecule has 3 aromatic rings. The Kier molecular flexibility index (Phi) is 9.85. The molecule has 2 heterocycles. The Bertz CT molecular complexity index is 1400. The summed E-state index contributed by atoms with van der Waals surface area (Å²) in [5.74, 6) is -1.99. The van der Waals surface area contributed by atoms with Crippen molar-refractivity contribution in [3.05, 3.63) is 107 Å². The summed E-state index contributed by atoms with van der Waals surface area (Å²) in [6.07, 6.45) is -1.02. The molecule has 0 saturated carbocycles. The standard InChI is InChI=1S/C36H42O8/c1-6-7-21-36(40-22-26-11-9-8-10-12-26)30(42-34-31(36)43-35(4,5)44-34)29(41-33(38)28-19-15-25(3)16-20-28)23-39-32(37)27-17-13-24(2)14-18-27/h8-20,29-31,34H,6-7,21-23H2,1-5H3/t29-,30-,31+,34-,36-/m1/s1. The summed E-state index contributed by atoms with van der Waals surface area (Å²) >= 11 is 0. The fourth-order valence-corrected chi connectivity index (χ4v) is 5.76. The molecule has 2 fully saturated rings. The maximum atomic E-state index is 13.5. The van der Waals surface area contributed by atoms with Crippen LogP contribution >= 0.6 is 0 Å². The lowest BCUT2D eigenvalue weighted by atomic mass is 9.84. The molecule has 2 saturated heterocycles. The maximum Gasteiger partial charge on any atom is 0.338 e. The molecule has 0 bridgehead atoms. The minimum Gasteiger partial charge on any atom is -0.458 e. The normalized spacial score (nSPS) is 24.4. The predicted molar refractivity (Wildman–Crippen MR) is 164 cm³/mol. The summed E-state index contributed by atoms with van der Waals surface area (Å²) in [4.78, 5) is 26.6. The predicted octanol–water partition coefficient (Wildman–Crippen LogP) is 6.71. The van der Waals surface area contributed by atoms with E-state index in [1.807, 2.05) is 82.3 Å². The Morgan fingerprint density at radius 3 is 2.07 bits per heavy atom. The van der Waals surface area contributed by atoms with Crippen molar-refractivity contribution in [2.24, 2.45) is 0 Å². The number of esters is 2. The Morgan fingerprint density at radius 1 is 0.841 bits per heavy atom. The van der Waals surface area contributed by atoms with Crippen molar-refractivity contribution in [3.8, 4) is 0 Å². The highest BCUT2D eigenvalue weighted by molar-refractivity contribution is 5.90. The van der Waals surface area contributed by atoms with Crippen LogP contribution in [0.3, 0.4) is 0 Å². The van der Waals surface area contributed by atoms with E-state index in [1.165, 1.54) is 0 Å². The van der Waals surface area contributed by atoms with E-state index in [1.54, 1.807) is 24.3 Å². The second-order valence-corrected chi connectivity index (χ2v) is 12.1. The minimum atomic E-state index is -1.07. The number of unbranched alkanes of at least 4 members (excludes halogenated alkanes) is 1. The number of benzene rings is 3. The third kappa shape index (κ3) is 7.21. The van der Waals surface area contributed by atoms with Gasteiger partial charge in [-0.2, -0.15) is 0 Å². The first-order valence-corrected chi connectivity index (χ1v) is 15.3. The number of aryl methyl sites for hydroxylation is 2. The van der Waals surface area contributed by atoms with Crippen molar-refractivity contribution in [2.75, 3.05) is 6.61 Å². The van der Waals surface area contributed by atoms with Crippen LogP contribution in [-0.2, 0) is 35.0 Å². The van der Waals surface area contributed by atoms with Crippen molar-refractivity contribution in [1.82, 2.24) is 0 Å². The smallest absolute Gasteiger partial charge is 0.338 e. The number of fused-ring (bicyclic) bond motifs is 1. The van der Waals surface area contributed by atoms with Crippen LogP contribution in [-0.4, -0.2) is 54.5 Å². The zero-order valence-corrected chi connectivity index (χ0v) is 26.1. The lowest BCUT2D eigenvalue weighted by Crippen LogP contribution is -2.57. The van der Waals surface area contributed by atoms with Crippen LogP contribution in [0.25, 0.3) is 0 Å². The summed E-state index contributed by atoms with van der Waals surface area (Å²) in [7, 11) is 0. The van der Waals surface area contributed by atoms with E-state index >= 15 is 0 Å². The largest absolute Gasteiger partial charge is 0.458 e. The van der Waals surface area contributed by atoms with Gasteiger partial charge in [-0.25, -0.2) is 9.59 Å². The molecule has 8 nitrogen and oxygen atoms in total. The molecule has 2 aliphatic heterocycles. The fraction of sp³-hybridized carbons (Fsp3) is 0.444. The van der Waals surface area contributed by atoms with Crippen LogP contribution in [0.5, 0.6) is 0 Å². The summed E-state index contributed by atoms with van der Waals surface area (Å²) in [6, 6.07) is 24.1. The van der Waals surface area contributed by atoms with Gasteiger partial charge in [0.25, 0.3) is 0 Å². The number of carbonyl (C=O) groups excluding carboxylic acids is 2. The highest BCUT2D eigenvalue weighted by Crippen LogP contribution is 2.49. The molecule has 0 aliphatic carbocycles. The highest BCUT2D eigenvalue weighted by atomic mass is 16.8. The van der Waals surface area contributed by atoms with Gasteiger partial charge < -0.3 is 28.4 Å². The van der Waals surface area contributed by atoms with Crippen LogP contribution in [0, 0.1) is 13.8 Å². The molecular formula is C36H42O8. The van der Waals surface area contributed by atoms with E-state index in [0.29, 0.717) is 17.5 Å². The van der Waals surface area contributed by atoms with Crippen LogP contribution in [0.2, 0.25) is 0 Å². The number of carbonyl (C=O) groups is 2. The lowest BCUT2D eigenvalue weighted by Gasteiger charge is -2.40. The number of hydrogen-bond donors (Lipinski definition) is 0. The highest BCUT2D eigenvalue weighted by Gasteiger charge is 2.66. The van der Waals surface area contributed by atoms with E-state index in [9.17, 15) is 9.59 Å². The van der Waals surface area contributed by atoms with E-state index in [0.717, 1.165) is 29.5 Å². The quantitative estimate of drug-likeness (QED) is 0.212. The van der Waals surface area contributed by atoms with Gasteiger partial charge in [-0.05, 0) is 63.9 Å². The zero-order valence-electron chi connectivity index (χ0n) is 26.1. The van der Waals surface area contributed by atoms with Gasteiger partial charge in [-0.1, -0.05) is 85.5 Å². The van der Waals surface area contributed by atoms with Crippen molar-refractivity contribution >= 4 is 11.9 Å². The van der Waals surface area contributed by atoms with Crippen molar-refractivity contribution in [2.45, 2.75) is 96.5 Å². The summed E-state index contributed by atoms with van der Waals surface area (Å²) in [5.41, 5.74) is 2.72. The summed E-state index contributed by atoms with van der Waals surface area (Å²) < 4.78 is 37.9. The average Bonchev–Trinajstić information content (AvgIpc) is 3.48. The molecule has 0 aromatic heterocycles. The Labute approximate surface area is 259 Å². The van der Waals surface area contributed by atoms with Gasteiger partial charge in [0.2, 0.25) is 0 Å². The van der Waals surface area contributed by atoms with Crippen LogP contribution in [0.4, 0.5) is 0 Å². The monoisotopic (exact) mass is 602 g/mol. The molecule has 5 rings (SSSR count). The van der Waals surface area contributed by atoms with Gasteiger partial charge in [-0.3, -0.25) is 0 Å². The molecule has 0 amide bonds. The van der Waals surface area contributed by atoms with Gasteiger partial charge in [0, 0.05) is 0 Å². The van der Waals surface area contributed by atoms with E-state index in [4.69, 9.17) is 28.4 Å². The second-order valence-electron chi connectivity index (χ2n) is 12.1. The minimum absolute atomic E-state index is 0.250. The molecule has 8 heteroatoms. The third-order valence-electron chi connectivity index (χ3n) is 8.12. The number of rotatable bonds is 12. The topological polar surface area (TPSA) is 89.5 Å². The Morgan fingerprint density at radius 2 is 1.45 bits per heavy atom. The molecular weight excluding hydrogens is 560 g/mol. The molecule has 0 radical (unpaired) electrons. The first kappa shape index (κ1) is 31.9. The SMILES string of the molecule is CCCC[C@@]1(OCc2ccccc2)[C@@H]([C@@H](COC(=O)c2ccc(C)cc2)OC(=O)c2ccc(C)cc2)O[C@@H]2OC(C)(C)O[C@@H]21. The summed E-state index contributed by atoms with van der Waals surface area (Å²) in [6.45, 7) is 9.69. The Balaban J connectivity index is 1.49. The third-order valence-corrected chi connectivity index (χ3v) is 8.12. The first-order chi connectivity index (χ1) is 21.1. The van der Waals surface area contributed by atoms with Gasteiger partial charge in [0.1, 0.15) is 24.4 Å². The van der Waals surface area contributed by atoms with Crippen molar-refractivity contribution in [1.29, 1.82) is 0 Å². The van der Waals surface area contributed by atoms with Crippen LogP contribution < -0.4 is 0 Å². The van der Waals surface area contributed by atoms with Crippen molar-refractivity contribution in [3.63, 3.8) is 0 Å². The molecule has 0 N–H and O–H groups in total. The van der Waals surface area contributed by atoms with E-state index in [2.05, 4.69) is 6.92 Å². The van der Waals surface area contributed by atoms with Crippen LogP contribution in [0.1, 0.15) is 77.4 Å². The van der Waals surface area contributed by atoms with E-state index in [-0.39, 0.29) is 13.2 Å². The van der Waals surface area contributed by atoms with Gasteiger partial charge in [-0.15, -0.1) is 0 Å². The fourth-order valence-electron chi connectivity index (χ4n) is 5.76. The number of hydrogen-bond acceptors (Lipinski definition) is 8. The lowest BCUT2D eigenvalue weighted by molar-refractivity contribution is -0.255. The molecule has 2 aliphatic rings. The molecule has 0 unspecified atom stereocenters. The number of ether oxygens (including phenoxy) is 6. The first-order valence-electron chi connectivity index (χ1n) is 15.3. The van der Waals surface area contributed by atoms with Crippen molar-refractivity contribution < 1.29 is 38.0 Å². The molecule has 3 aromatic carbocycles. The molecule has 234 valence electrons. The van der Waals surface area contributed by atoms with Gasteiger partial charge >= 0.3 is 11.9 Å². The zero-order chi connectivity index (χ0) is 31.3. The van der Waals surface area contributed by atoms with Gasteiger partial charge in [0.15, 0.2) is 18.2 Å². The molecule has 0 spiro atoms. The van der Waals surface area contributed by atoms with Gasteiger partial charge in [0.05, 0.1) is 17.7 Å². The maximum absolute atomic E-state index is 13.5. The van der Waals surface area contributed by atoms with Crippen LogP contribution in [0.15, 0.2) is 78.9 Å². The summed E-state index contributed by atoms with van der Waals surface area (Å²) in [5, 5.41) is 0. The molecule has 5 atom stereocenters. The Hall–Kier alpha value is -3.56. The van der Waals surface area contributed by atoms with E-state index < -0.39 is 47.9 Å². The second kappa shape index (κ2) is 13.6.